The number of H-pyrrole nitrogens is 1. The fraction of sp³-hybridized carbons (Fsp3) is 0.263. The number of furan rings is 1. The lowest BCUT2D eigenvalue weighted by Crippen LogP contribution is -2.39. The van der Waals surface area contributed by atoms with E-state index in [4.69, 9.17) is 4.42 Å². The van der Waals surface area contributed by atoms with Gasteiger partial charge in [0.2, 0.25) is 0 Å². The fourth-order valence-electron chi connectivity index (χ4n) is 2.64. The molecule has 3 aromatic rings. The summed E-state index contributed by atoms with van der Waals surface area (Å²) in [5.74, 6) is 2.68. The summed E-state index contributed by atoms with van der Waals surface area (Å²) in [5.41, 5.74) is 2.15. The molecule has 0 amide bonds. The van der Waals surface area contributed by atoms with Gasteiger partial charge in [0.05, 0.1) is 24.7 Å². The topological polar surface area (TPSA) is 69.5 Å². The number of nitrogens with one attached hydrogen (secondary N) is 2. The van der Waals surface area contributed by atoms with Crippen LogP contribution in [0.2, 0.25) is 0 Å². The number of nitrogens with zero attached hydrogens (tertiary/aromatic N) is 3. The lowest BCUT2D eigenvalue weighted by molar-refractivity contribution is 0.459. The molecule has 0 aliphatic rings. The number of imidazole rings is 1. The fourth-order valence-corrected chi connectivity index (χ4v) is 2.64. The molecule has 0 radical (unpaired) electrons. The van der Waals surface area contributed by atoms with Crippen molar-refractivity contribution in [1.29, 1.82) is 0 Å². The van der Waals surface area contributed by atoms with E-state index in [-0.39, 0.29) is 24.0 Å². The summed E-state index contributed by atoms with van der Waals surface area (Å²) < 4.78 is 5.34. The molecule has 0 atom stereocenters. The predicted molar refractivity (Wildman–Crippen MR) is 115 cm³/mol. The molecule has 2 heterocycles. The standard InChI is InChI=1S/C19H23N5O.HI/c1-20-19(21-11-10-16-9-6-12-25-16)24(2)14-18-22-13-17(23-18)15-7-4-3-5-8-15;/h3-9,12-13H,10-11,14H2,1-2H3,(H,20,21)(H,22,23);1H. The second-order valence-electron chi connectivity index (χ2n) is 5.77. The Morgan fingerprint density at radius 3 is 2.73 bits per heavy atom. The van der Waals surface area contributed by atoms with Crippen LogP contribution in [0.25, 0.3) is 11.3 Å². The quantitative estimate of drug-likeness (QED) is 0.332. The number of halogens is 1. The van der Waals surface area contributed by atoms with E-state index in [2.05, 4.69) is 32.4 Å². The number of hydrogen-bond acceptors (Lipinski definition) is 3. The highest BCUT2D eigenvalue weighted by atomic mass is 127. The van der Waals surface area contributed by atoms with Gasteiger partial charge >= 0.3 is 0 Å². The van der Waals surface area contributed by atoms with E-state index < -0.39 is 0 Å². The molecule has 0 aliphatic carbocycles. The Balaban J connectivity index is 0.00000243. The zero-order valence-corrected chi connectivity index (χ0v) is 17.3. The number of benzene rings is 1. The number of aromatic nitrogens is 2. The minimum Gasteiger partial charge on any atom is -0.469 e. The van der Waals surface area contributed by atoms with E-state index in [9.17, 15) is 0 Å². The van der Waals surface area contributed by atoms with Gasteiger partial charge < -0.3 is 19.6 Å². The summed E-state index contributed by atoms with van der Waals surface area (Å²) >= 11 is 0. The van der Waals surface area contributed by atoms with Crippen molar-refractivity contribution in [2.45, 2.75) is 13.0 Å². The van der Waals surface area contributed by atoms with Crippen LogP contribution in [-0.4, -0.2) is 41.5 Å². The van der Waals surface area contributed by atoms with Crippen molar-refractivity contribution >= 4 is 29.9 Å². The van der Waals surface area contributed by atoms with Gasteiger partial charge in [-0.3, -0.25) is 4.99 Å². The molecule has 0 spiro atoms. The first-order valence-corrected chi connectivity index (χ1v) is 8.29. The van der Waals surface area contributed by atoms with Crippen LogP contribution in [0.4, 0.5) is 0 Å². The normalized spacial score (nSPS) is 11.1. The highest BCUT2D eigenvalue weighted by molar-refractivity contribution is 14.0. The summed E-state index contributed by atoms with van der Waals surface area (Å²) in [4.78, 5) is 14.2. The van der Waals surface area contributed by atoms with Crippen molar-refractivity contribution in [3.63, 3.8) is 0 Å². The number of guanidine groups is 1. The van der Waals surface area contributed by atoms with Crippen molar-refractivity contribution in [2.24, 2.45) is 4.99 Å². The van der Waals surface area contributed by atoms with Crippen LogP contribution in [0.1, 0.15) is 11.6 Å². The van der Waals surface area contributed by atoms with Gasteiger partial charge in [-0.1, -0.05) is 30.3 Å². The minimum absolute atomic E-state index is 0. The number of rotatable bonds is 6. The van der Waals surface area contributed by atoms with E-state index in [1.807, 2.05) is 48.5 Å². The summed E-state index contributed by atoms with van der Waals surface area (Å²) in [5, 5.41) is 3.34. The van der Waals surface area contributed by atoms with Crippen molar-refractivity contribution in [2.75, 3.05) is 20.6 Å². The number of aromatic amines is 1. The van der Waals surface area contributed by atoms with E-state index >= 15 is 0 Å². The van der Waals surface area contributed by atoms with Gasteiger partial charge in [-0.2, -0.15) is 0 Å². The Labute approximate surface area is 170 Å². The Kier molecular flexibility index (Phi) is 7.71. The maximum atomic E-state index is 5.34. The molecule has 0 unspecified atom stereocenters. The monoisotopic (exact) mass is 465 g/mol. The lowest BCUT2D eigenvalue weighted by Gasteiger charge is -2.20. The highest BCUT2D eigenvalue weighted by Crippen LogP contribution is 2.16. The maximum Gasteiger partial charge on any atom is 0.193 e. The summed E-state index contributed by atoms with van der Waals surface area (Å²) in [6.07, 6.45) is 4.38. The summed E-state index contributed by atoms with van der Waals surface area (Å²) in [7, 11) is 3.77. The van der Waals surface area contributed by atoms with E-state index in [1.165, 1.54) is 0 Å². The molecular weight excluding hydrogens is 441 g/mol. The van der Waals surface area contributed by atoms with E-state index in [1.54, 1.807) is 13.3 Å². The van der Waals surface area contributed by atoms with E-state index in [0.29, 0.717) is 6.54 Å². The van der Waals surface area contributed by atoms with Gasteiger partial charge in [0.1, 0.15) is 11.6 Å². The Hall–Kier alpha value is -2.29. The average Bonchev–Trinajstić information content (AvgIpc) is 3.31. The molecule has 138 valence electrons. The first-order chi connectivity index (χ1) is 12.3. The SMILES string of the molecule is CN=C(NCCc1ccco1)N(C)Cc1ncc(-c2ccccc2)[nH]1.I. The smallest absolute Gasteiger partial charge is 0.193 e. The summed E-state index contributed by atoms with van der Waals surface area (Å²) in [6.45, 7) is 1.41. The van der Waals surface area contributed by atoms with Crippen molar-refractivity contribution < 1.29 is 4.42 Å². The van der Waals surface area contributed by atoms with Crippen LogP contribution in [0.15, 0.2) is 64.3 Å². The van der Waals surface area contributed by atoms with Gasteiger partial charge in [0.15, 0.2) is 5.96 Å². The number of aliphatic imine (C=N–C) groups is 1. The van der Waals surface area contributed by atoms with Gasteiger partial charge in [0.25, 0.3) is 0 Å². The lowest BCUT2D eigenvalue weighted by atomic mass is 10.2. The van der Waals surface area contributed by atoms with Gasteiger partial charge in [-0.05, 0) is 17.7 Å². The maximum absolute atomic E-state index is 5.34. The molecular formula is C19H24IN5O. The van der Waals surface area contributed by atoms with Gasteiger partial charge in [-0.25, -0.2) is 4.98 Å². The van der Waals surface area contributed by atoms with Crippen molar-refractivity contribution in [3.05, 3.63) is 66.5 Å². The third-order valence-electron chi connectivity index (χ3n) is 3.91. The van der Waals surface area contributed by atoms with Crippen LogP contribution in [0, 0.1) is 0 Å². The zero-order valence-electron chi connectivity index (χ0n) is 15.0. The number of hydrogen-bond donors (Lipinski definition) is 2. The van der Waals surface area contributed by atoms with Crippen LogP contribution in [-0.2, 0) is 13.0 Å². The van der Waals surface area contributed by atoms with Crippen molar-refractivity contribution in [1.82, 2.24) is 20.2 Å². The van der Waals surface area contributed by atoms with Crippen molar-refractivity contribution in [3.8, 4) is 11.3 Å². The third-order valence-corrected chi connectivity index (χ3v) is 3.91. The van der Waals surface area contributed by atoms with Crippen LogP contribution < -0.4 is 5.32 Å². The second kappa shape index (κ2) is 10.0. The van der Waals surface area contributed by atoms with Crippen LogP contribution >= 0.6 is 24.0 Å². The van der Waals surface area contributed by atoms with Crippen LogP contribution in [0.5, 0.6) is 0 Å². The Morgan fingerprint density at radius 1 is 1.23 bits per heavy atom. The average molecular weight is 465 g/mol. The van der Waals surface area contributed by atoms with E-state index in [0.717, 1.165) is 41.8 Å². The second-order valence-corrected chi connectivity index (χ2v) is 5.77. The van der Waals surface area contributed by atoms with Crippen LogP contribution in [0.3, 0.4) is 0 Å². The minimum atomic E-state index is 0. The molecule has 2 N–H and O–H groups in total. The van der Waals surface area contributed by atoms with Gasteiger partial charge in [0, 0.05) is 27.1 Å². The zero-order chi connectivity index (χ0) is 17.5. The first kappa shape index (κ1) is 20.0. The molecule has 0 aliphatic heterocycles. The van der Waals surface area contributed by atoms with Gasteiger partial charge in [-0.15, -0.1) is 24.0 Å². The highest BCUT2D eigenvalue weighted by Gasteiger charge is 2.10. The molecule has 0 saturated carbocycles. The third kappa shape index (κ3) is 5.35. The molecule has 1 aromatic carbocycles. The first-order valence-electron chi connectivity index (χ1n) is 8.29. The molecule has 6 nitrogen and oxygen atoms in total. The predicted octanol–water partition coefficient (Wildman–Crippen LogP) is 3.54. The molecule has 3 rings (SSSR count). The molecule has 7 heteroatoms. The largest absolute Gasteiger partial charge is 0.469 e. The Morgan fingerprint density at radius 2 is 2.04 bits per heavy atom. The molecule has 2 aromatic heterocycles. The Bertz CT molecular complexity index is 798. The molecule has 0 bridgehead atoms. The summed E-state index contributed by atoms with van der Waals surface area (Å²) in [6, 6.07) is 14.1. The molecule has 0 fully saturated rings. The molecule has 26 heavy (non-hydrogen) atoms. The molecule has 0 saturated heterocycles.